The predicted molar refractivity (Wildman–Crippen MR) is 66.7 cm³/mol. The zero-order valence-electron chi connectivity index (χ0n) is 8.30. The summed E-state index contributed by atoms with van der Waals surface area (Å²) in [5, 5.41) is 7.71. The molecule has 0 amide bonds. The number of hydrogen-bond donors (Lipinski definition) is 2. The van der Waals surface area contributed by atoms with Crippen LogP contribution in [-0.4, -0.2) is 24.4 Å². The molecule has 0 aliphatic heterocycles. The van der Waals surface area contributed by atoms with E-state index in [0.717, 1.165) is 4.47 Å². The fourth-order valence-corrected chi connectivity index (χ4v) is 1.86. The third-order valence-electron chi connectivity index (χ3n) is 1.87. The minimum absolute atomic E-state index is 0.162. The number of aromatic nitrogens is 1. The Morgan fingerprint density at radius 2 is 2.40 bits per heavy atom. The van der Waals surface area contributed by atoms with Crippen molar-refractivity contribution in [2.24, 2.45) is 5.73 Å². The number of rotatable bonds is 4. The average molecular weight is 292 g/mol. The Morgan fingerprint density at radius 1 is 1.73 bits per heavy atom. The van der Waals surface area contributed by atoms with Crippen LogP contribution in [0, 0.1) is 5.41 Å². The van der Waals surface area contributed by atoms with Crippen LogP contribution in [0.4, 0.5) is 5.82 Å². The molecule has 0 saturated carbocycles. The van der Waals surface area contributed by atoms with Crippen LogP contribution < -0.4 is 10.6 Å². The monoisotopic (exact) mass is 290 g/mol. The van der Waals surface area contributed by atoms with Crippen LogP contribution in [0.15, 0.2) is 16.7 Å². The zero-order valence-corrected chi connectivity index (χ0v) is 10.6. The summed E-state index contributed by atoms with van der Waals surface area (Å²) in [6.45, 7) is 0.629. The summed E-state index contributed by atoms with van der Waals surface area (Å²) in [5.41, 5.74) is 5.28. The summed E-state index contributed by atoms with van der Waals surface area (Å²) in [7, 11) is 1.87. The molecule has 15 heavy (non-hydrogen) atoms. The molecular weight excluding hydrogens is 279 g/mol. The predicted octanol–water partition coefficient (Wildman–Crippen LogP) is 2.26. The van der Waals surface area contributed by atoms with Crippen LogP contribution in [0.25, 0.3) is 0 Å². The van der Waals surface area contributed by atoms with E-state index in [-0.39, 0.29) is 5.84 Å². The molecule has 0 aliphatic carbocycles. The first-order valence-corrected chi connectivity index (χ1v) is 5.53. The number of pyridine rings is 1. The third-order valence-corrected chi connectivity index (χ3v) is 2.58. The normalized spacial score (nSPS) is 10.1. The maximum absolute atomic E-state index is 7.13. The van der Waals surface area contributed by atoms with Gasteiger partial charge in [0.05, 0.1) is 10.9 Å². The number of nitrogens with zero attached hydrogens (tertiary/aromatic N) is 2. The average Bonchev–Trinajstić information content (AvgIpc) is 2.14. The van der Waals surface area contributed by atoms with Gasteiger partial charge >= 0.3 is 0 Å². The molecule has 0 fully saturated rings. The van der Waals surface area contributed by atoms with Crippen molar-refractivity contribution in [3.63, 3.8) is 0 Å². The molecule has 0 aliphatic rings. The second-order valence-corrected chi connectivity index (χ2v) is 4.48. The Labute approximate surface area is 102 Å². The summed E-state index contributed by atoms with van der Waals surface area (Å²) in [5.74, 6) is 0.858. The van der Waals surface area contributed by atoms with Crippen LogP contribution in [0.1, 0.15) is 6.42 Å². The smallest absolute Gasteiger partial charge is 0.147 e. The maximum atomic E-state index is 7.13. The van der Waals surface area contributed by atoms with Gasteiger partial charge in [0.1, 0.15) is 5.82 Å². The fraction of sp³-hybridized carbons (Fsp3) is 0.333. The number of nitrogens with two attached hydrogens (primary N) is 1. The lowest BCUT2D eigenvalue weighted by atomic mass is 10.3. The van der Waals surface area contributed by atoms with Crippen molar-refractivity contribution < 1.29 is 0 Å². The number of hydrogen-bond acceptors (Lipinski definition) is 3. The van der Waals surface area contributed by atoms with Gasteiger partial charge < -0.3 is 10.6 Å². The van der Waals surface area contributed by atoms with E-state index in [0.29, 0.717) is 23.8 Å². The SMILES string of the molecule is CN(CCC(=N)N)c1ncc(Br)cc1Cl. The van der Waals surface area contributed by atoms with Gasteiger partial charge in [0.15, 0.2) is 0 Å². The van der Waals surface area contributed by atoms with E-state index in [1.54, 1.807) is 12.3 Å². The van der Waals surface area contributed by atoms with Crippen molar-refractivity contribution in [1.29, 1.82) is 5.41 Å². The highest BCUT2D eigenvalue weighted by atomic mass is 79.9. The highest BCUT2D eigenvalue weighted by Gasteiger charge is 2.08. The van der Waals surface area contributed by atoms with Crippen molar-refractivity contribution in [2.45, 2.75) is 6.42 Å². The van der Waals surface area contributed by atoms with Gasteiger partial charge in [0, 0.05) is 30.7 Å². The lowest BCUT2D eigenvalue weighted by Gasteiger charge is -2.18. The third kappa shape index (κ3) is 3.68. The van der Waals surface area contributed by atoms with Gasteiger partial charge in [0.2, 0.25) is 0 Å². The van der Waals surface area contributed by atoms with E-state index >= 15 is 0 Å². The molecule has 82 valence electrons. The summed E-state index contributed by atoms with van der Waals surface area (Å²) < 4.78 is 0.844. The number of nitrogens with one attached hydrogen (secondary N) is 1. The van der Waals surface area contributed by atoms with E-state index in [1.807, 2.05) is 11.9 Å². The minimum atomic E-state index is 0.162. The Balaban J connectivity index is 2.73. The van der Waals surface area contributed by atoms with Gasteiger partial charge in [-0.05, 0) is 22.0 Å². The van der Waals surface area contributed by atoms with Gasteiger partial charge in [-0.25, -0.2) is 4.98 Å². The van der Waals surface area contributed by atoms with Gasteiger partial charge in [-0.3, -0.25) is 5.41 Å². The Kier molecular flexibility index (Phi) is 4.35. The van der Waals surface area contributed by atoms with E-state index in [1.165, 1.54) is 0 Å². The molecule has 3 N–H and O–H groups in total. The molecule has 0 radical (unpaired) electrons. The zero-order chi connectivity index (χ0) is 11.4. The molecule has 4 nitrogen and oxygen atoms in total. The molecule has 0 bridgehead atoms. The van der Waals surface area contributed by atoms with E-state index < -0.39 is 0 Å². The lowest BCUT2D eigenvalue weighted by Crippen LogP contribution is -2.24. The highest BCUT2D eigenvalue weighted by Crippen LogP contribution is 2.25. The number of anilines is 1. The van der Waals surface area contributed by atoms with Crippen molar-refractivity contribution >= 4 is 39.2 Å². The molecule has 0 aromatic carbocycles. The molecule has 0 spiro atoms. The van der Waals surface area contributed by atoms with Gasteiger partial charge in [-0.15, -0.1) is 0 Å². The van der Waals surface area contributed by atoms with Gasteiger partial charge in [-0.1, -0.05) is 11.6 Å². The molecule has 0 unspecified atom stereocenters. The van der Waals surface area contributed by atoms with Crippen molar-refractivity contribution in [1.82, 2.24) is 4.98 Å². The summed E-state index contributed by atoms with van der Waals surface area (Å²) >= 11 is 9.31. The van der Waals surface area contributed by atoms with Crippen molar-refractivity contribution in [3.05, 3.63) is 21.8 Å². The maximum Gasteiger partial charge on any atom is 0.147 e. The van der Waals surface area contributed by atoms with Crippen LogP contribution in [0.3, 0.4) is 0 Å². The first kappa shape index (κ1) is 12.3. The van der Waals surface area contributed by atoms with Crippen molar-refractivity contribution in [3.8, 4) is 0 Å². The first-order chi connectivity index (χ1) is 7.00. The topological polar surface area (TPSA) is 66.0 Å². The van der Waals surface area contributed by atoms with Crippen LogP contribution in [0.5, 0.6) is 0 Å². The second kappa shape index (κ2) is 5.32. The summed E-state index contributed by atoms with van der Waals surface area (Å²) in [6.07, 6.45) is 2.19. The molecule has 1 rings (SSSR count). The molecule has 0 atom stereocenters. The molecule has 0 saturated heterocycles. The molecular formula is C9H12BrClN4. The second-order valence-electron chi connectivity index (χ2n) is 3.16. The van der Waals surface area contributed by atoms with E-state index in [9.17, 15) is 0 Å². The van der Waals surface area contributed by atoms with E-state index in [4.69, 9.17) is 22.7 Å². The molecule has 6 heteroatoms. The van der Waals surface area contributed by atoms with Crippen LogP contribution in [-0.2, 0) is 0 Å². The lowest BCUT2D eigenvalue weighted by molar-refractivity contribution is 0.889. The van der Waals surface area contributed by atoms with Crippen molar-refractivity contribution in [2.75, 3.05) is 18.5 Å². The Morgan fingerprint density at radius 3 is 2.93 bits per heavy atom. The quantitative estimate of drug-likeness (QED) is 0.660. The highest BCUT2D eigenvalue weighted by molar-refractivity contribution is 9.10. The Bertz CT molecular complexity index is 369. The molecule has 1 heterocycles. The fourth-order valence-electron chi connectivity index (χ4n) is 1.08. The Hall–Kier alpha value is -0.810. The van der Waals surface area contributed by atoms with Gasteiger partial charge in [0.25, 0.3) is 0 Å². The molecule has 1 aromatic heterocycles. The van der Waals surface area contributed by atoms with E-state index in [2.05, 4.69) is 20.9 Å². The first-order valence-electron chi connectivity index (χ1n) is 4.36. The summed E-state index contributed by atoms with van der Waals surface area (Å²) in [6, 6.07) is 1.79. The van der Waals surface area contributed by atoms with Gasteiger partial charge in [-0.2, -0.15) is 0 Å². The number of amidine groups is 1. The molecule has 1 aromatic rings. The largest absolute Gasteiger partial charge is 0.388 e. The standard InChI is InChI=1S/C9H12BrClN4/c1-15(3-2-8(12)13)9-7(11)4-6(10)5-14-9/h4-5H,2-3H2,1H3,(H3,12,13). The van der Waals surface area contributed by atoms with Crippen LogP contribution in [0.2, 0.25) is 5.02 Å². The summed E-state index contributed by atoms with van der Waals surface area (Å²) in [4.78, 5) is 6.06. The van der Waals surface area contributed by atoms with Crippen LogP contribution >= 0.6 is 27.5 Å². The number of halogens is 2. The minimum Gasteiger partial charge on any atom is -0.388 e.